The van der Waals surface area contributed by atoms with Crippen LogP contribution < -0.4 is 10.6 Å². The van der Waals surface area contributed by atoms with Crippen molar-refractivity contribution in [2.75, 3.05) is 39.3 Å². The molecule has 28 heavy (non-hydrogen) atoms. The number of hydrogen-bond donors (Lipinski definition) is 2. The van der Waals surface area contributed by atoms with Crippen LogP contribution in [0.3, 0.4) is 0 Å². The zero-order chi connectivity index (χ0) is 19.4. The molecular weight excluding hydrogens is 374 g/mol. The van der Waals surface area contributed by atoms with Gasteiger partial charge in [0, 0.05) is 50.9 Å². The Hall–Kier alpha value is -1.89. The van der Waals surface area contributed by atoms with Gasteiger partial charge >= 0.3 is 0 Å². The van der Waals surface area contributed by atoms with Gasteiger partial charge in [0.1, 0.15) is 0 Å². The van der Waals surface area contributed by atoms with Crippen molar-refractivity contribution in [3.05, 3.63) is 47.3 Å². The number of carbonyl (C=O) groups is 1. The van der Waals surface area contributed by atoms with Gasteiger partial charge in [-0.25, -0.2) is 4.68 Å². The SMILES string of the molecule is Cc1ccc(-n2cc(C(=O)NCCN3CCNCC3)c(C(C)(C)C)n2)cc1.Cl. The topological polar surface area (TPSA) is 62.2 Å². The van der Waals surface area contributed by atoms with Crippen molar-refractivity contribution in [3.8, 4) is 5.69 Å². The quantitative estimate of drug-likeness (QED) is 0.802. The molecule has 0 radical (unpaired) electrons. The van der Waals surface area contributed by atoms with E-state index in [2.05, 4.69) is 55.4 Å². The minimum atomic E-state index is -0.207. The van der Waals surface area contributed by atoms with E-state index < -0.39 is 0 Å². The van der Waals surface area contributed by atoms with Gasteiger partial charge in [-0.2, -0.15) is 5.10 Å². The first-order valence-electron chi connectivity index (χ1n) is 9.73. The Balaban J connectivity index is 0.00000280. The van der Waals surface area contributed by atoms with Gasteiger partial charge in [-0.05, 0) is 19.1 Å². The van der Waals surface area contributed by atoms with Crippen LogP contribution in [0.25, 0.3) is 5.69 Å². The average molecular weight is 406 g/mol. The molecule has 6 nitrogen and oxygen atoms in total. The van der Waals surface area contributed by atoms with Crippen molar-refractivity contribution in [3.63, 3.8) is 0 Å². The van der Waals surface area contributed by atoms with Crippen LogP contribution in [-0.4, -0.2) is 59.9 Å². The first-order valence-corrected chi connectivity index (χ1v) is 9.73. The van der Waals surface area contributed by atoms with E-state index in [1.807, 2.05) is 23.0 Å². The molecule has 0 unspecified atom stereocenters. The Morgan fingerprint density at radius 2 is 1.82 bits per heavy atom. The number of hydrogen-bond acceptors (Lipinski definition) is 4. The standard InChI is InChI=1S/C21H31N5O.ClH/c1-16-5-7-17(8-6-16)26-15-18(19(24-26)21(2,3)4)20(27)23-11-14-25-12-9-22-10-13-25;/h5-8,15,22H,9-14H2,1-4H3,(H,23,27);1H. The summed E-state index contributed by atoms with van der Waals surface area (Å²) in [5, 5.41) is 11.2. The summed E-state index contributed by atoms with van der Waals surface area (Å²) in [7, 11) is 0. The molecular formula is C21H32ClN5O. The van der Waals surface area contributed by atoms with Gasteiger partial charge in [0.05, 0.1) is 16.9 Å². The van der Waals surface area contributed by atoms with Gasteiger partial charge in [0.2, 0.25) is 0 Å². The third-order valence-electron chi connectivity index (χ3n) is 4.89. The molecule has 2 heterocycles. The van der Waals surface area contributed by atoms with Gasteiger partial charge in [-0.3, -0.25) is 9.69 Å². The lowest BCUT2D eigenvalue weighted by molar-refractivity contribution is 0.0945. The van der Waals surface area contributed by atoms with Crippen molar-refractivity contribution >= 4 is 18.3 Å². The fourth-order valence-corrected chi connectivity index (χ4v) is 3.28. The molecule has 2 N–H and O–H groups in total. The van der Waals surface area contributed by atoms with Crippen LogP contribution in [-0.2, 0) is 5.41 Å². The molecule has 0 bridgehead atoms. The molecule has 1 aliphatic rings. The molecule has 7 heteroatoms. The summed E-state index contributed by atoms with van der Waals surface area (Å²) in [6.07, 6.45) is 1.85. The van der Waals surface area contributed by atoms with Gasteiger partial charge in [-0.15, -0.1) is 12.4 Å². The lowest BCUT2D eigenvalue weighted by Crippen LogP contribution is -2.46. The van der Waals surface area contributed by atoms with Gasteiger partial charge in [-0.1, -0.05) is 38.5 Å². The van der Waals surface area contributed by atoms with Crippen LogP contribution in [0.1, 0.15) is 42.4 Å². The number of rotatable bonds is 5. The monoisotopic (exact) mass is 405 g/mol. The summed E-state index contributed by atoms with van der Waals surface area (Å²) in [5.41, 5.74) is 3.44. The molecule has 1 amide bonds. The van der Waals surface area contributed by atoms with E-state index >= 15 is 0 Å². The van der Waals surface area contributed by atoms with E-state index in [4.69, 9.17) is 5.10 Å². The third-order valence-corrected chi connectivity index (χ3v) is 4.89. The number of benzene rings is 1. The van der Waals surface area contributed by atoms with E-state index in [0.717, 1.165) is 44.1 Å². The van der Waals surface area contributed by atoms with Crippen LogP contribution >= 0.6 is 12.4 Å². The molecule has 1 aliphatic heterocycles. The molecule has 3 rings (SSSR count). The maximum absolute atomic E-state index is 12.9. The minimum Gasteiger partial charge on any atom is -0.351 e. The minimum absolute atomic E-state index is 0. The van der Waals surface area contributed by atoms with Gasteiger partial charge < -0.3 is 10.6 Å². The lowest BCUT2D eigenvalue weighted by atomic mass is 9.89. The Morgan fingerprint density at radius 1 is 1.18 bits per heavy atom. The summed E-state index contributed by atoms with van der Waals surface area (Å²) < 4.78 is 1.81. The molecule has 2 aromatic rings. The Labute approximate surface area is 174 Å². The third kappa shape index (κ3) is 5.56. The number of nitrogens with one attached hydrogen (secondary N) is 2. The Morgan fingerprint density at radius 3 is 2.43 bits per heavy atom. The van der Waals surface area contributed by atoms with Crippen molar-refractivity contribution in [1.82, 2.24) is 25.3 Å². The van der Waals surface area contributed by atoms with E-state index in [9.17, 15) is 4.79 Å². The first-order chi connectivity index (χ1) is 12.8. The molecule has 0 saturated carbocycles. The fraction of sp³-hybridized carbons (Fsp3) is 0.524. The van der Waals surface area contributed by atoms with Crippen LogP contribution in [0.2, 0.25) is 0 Å². The second-order valence-electron chi connectivity index (χ2n) is 8.27. The zero-order valence-electron chi connectivity index (χ0n) is 17.3. The van der Waals surface area contributed by atoms with Crippen LogP contribution in [0.5, 0.6) is 0 Å². The number of halogens is 1. The summed E-state index contributed by atoms with van der Waals surface area (Å²) in [6, 6.07) is 8.17. The largest absolute Gasteiger partial charge is 0.351 e. The van der Waals surface area contributed by atoms with E-state index in [0.29, 0.717) is 12.1 Å². The number of nitrogens with zero attached hydrogens (tertiary/aromatic N) is 3. The molecule has 1 aromatic heterocycles. The van der Waals surface area contributed by atoms with Gasteiger partial charge in [0.15, 0.2) is 0 Å². The summed E-state index contributed by atoms with van der Waals surface area (Å²) >= 11 is 0. The maximum Gasteiger partial charge on any atom is 0.254 e. The van der Waals surface area contributed by atoms with E-state index in [1.54, 1.807) is 0 Å². The molecule has 1 fully saturated rings. The highest BCUT2D eigenvalue weighted by Gasteiger charge is 2.26. The molecule has 154 valence electrons. The Bertz CT molecular complexity index is 773. The van der Waals surface area contributed by atoms with Crippen LogP contribution in [0.15, 0.2) is 30.5 Å². The molecule has 0 aliphatic carbocycles. The average Bonchev–Trinajstić information content (AvgIpc) is 3.09. The maximum atomic E-state index is 12.9. The number of aromatic nitrogens is 2. The predicted molar refractivity (Wildman–Crippen MR) is 116 cm³/mol. The predicted octanol–water partition coefficient (Wildman–Crippen LogP) is 2.54. The summed E-state index contributed by atoms with van der Waals surface area (Å²) in [5.74, 6) is -0.0478. The number of carbonyl (C=O) groups excluding carboxylic acids is 1. The highest BCUT2D eigenvalue weighted by atomic mass is 35.5. The van der Waals surface area contributed by atoms with Crippen LogP contribution in [0, 0.1) is 6.92 Å². The number of aryl methyl sites for hydroxylation is 1. The smallest absolute Gasteiger partial charge is 0.254 e. The summed E-state index contributed by atoms with van der Waals surface area (Å²) in [4.78, 5) is 15.2. The van der Waals surface area contributed by atoms with Crippen LogP contribution in [0.4, 0.5) is 0 Å². The van der Waals surface area contributed by atoms with E-state index in [-0.39, 0.29) is 23.7 Å². The van der Waals surface area contributed by atoms with Gasteiger partial charge in [0.25, 0.3) is 5.91 Å². The molecule has 1 aromatic carbocycles. The van der Waals surface area contributed by atoms with Crippen molar-refractivity contribution in [2.45, 2.75) is 33.1 Å². The molecule has 1 saturated heterocycles. The molecule has 0 atom stereocenters. The van der Waals surface area contributed by atoms with E-state index in [1.165, 1.54) is 5.56 Å². The number of amides is 1. The zero-order valence-corrected chi connectivity index (χ0v) is 18.1. The normalized spacial score (nSPS) is 15.1. The summed E-state index contributed by atoms with van der Waals surface area (Å²) in [6.45, 7) is 14.0. The first kappa shape index (κ1) is 22.4. The van der Waals surface area contributed by atoms with Crippen molar-refractivity contribution in [2.24, 2.45) is 0 Å². The lowest BCUT2D eigenvalue weighted by Gasteiger charge is -2.27. The highest BCUT2D eigenvalue weighted by molar-refractivity contribution is 5.95. The Kier molecular flexibility index (Phi) is 7.63. The van der Waals surface area contributed by atoms with Crippen molar-refractivity contribution < 1.29 is 4.79 Å². The second-order valence-corrected chi connectivity index (χ2v) is 8.27. The number of piperazine rings is 1. The van der Waals surface area contributed by atoms with Crippen molar-refractivity contribution in [1.29, 1.82) is 0 Å². The fourth-order valence-electron chi connectivity index (χ4n) is 3.28. The second kappa shape index (κ2) is 9.54. The highest BCUT2D eigenvalue weighted by Crippen LogP contribution is 2.25. The molecule has 0 spiro atoms.